The molecule has 0 saturated carbocycles. The lowest BCUT2D eigenvalue weighted by atomic mass is 10.1. The molecular weight excluding hydrogens is 561 g/mol. The van der Waals surface area contributed by atoms with E-state index in [1.807, 2.05) is 0 Å². The zero-order valence-corrected chi connectivity index (χ0v) is 22.5. The molecule has 16 nitrogen and oxygen atoms in total. The van der Waals surface area contributed by atoms with Gasteiger partial charge in [0.15, 0.2) is 0 Å². The maximum atomic E-state index is 12.5. The molecule has 2 atom stereocenters. The van der Waals surface area contributed by atoms with Crippen molar-refractivity contribution in [3.63, 3.8) is 0 Å². The molecule has 1 aromatic carbocycles. The molecule has 6 N–H and O–H groups in total. The van der Waals surface area contributed by atoms with Crippen LogP contribution in [-0.2, 0) is 38.9 Å². The van der Waals surface area contributed by atoms with Gasteiger partial charge in [-0.2, -0.15) is 0 Å². The second kappa shape index (κ2) is 15.3. The number of hydrogen-bond donors (Lipinski definition) is 6. The van der Waals surface area contributed by atoms with E-state index in [4.69, 9.17) is 14.9 Å². The first-order chi connectivity index (χ1) is 20.1. The third-order valence-corrected chi connectivity index (χ3v) is 6.25. The first kappa shape index (κ1) is 31.7. The topological polar surface area (TPSA) is 231 Å². The van der Waals surface area contributed by atoms with Gasteiger partial charge in [-0.05, 0) is 37.8 Å². The summed E-state index contributed by atoms with van der Waals surface area (Å²) >= 11 is 0. The number of aromatic nitrogens is 5. The Morgan fingerprint density at radius 2 is 1.81 bits per heavy atom. The van der Waals surface area contributed by atoms with Gasteiger partial charge in [-0.1, -0.05) is 5.21 Å². The number of aryl methyl sites for hydroxylation is 2. The van der Waals surface area contributed by atoms with Crippen LogP contribution in [-0.4, -0.2) is 89.0 Å². The average molecular weight is 594 g/mol. The monoisotopic (exact) mass is 593 g/mol. The molecule has 3 rings (SSSR count). The van der Waals surface area contributed by atoms with Gasteiger partial charge < -0.3 is 30.4 Å². The highest BCUT2D eigenvalue weighted by Crippen LogP contribution is 2.20. The zero-order valence-electron chi connectivity index (χ0n) is 22.5. The van der Waals surface area contributed by atoms with E-state index < -0.39 is 55.5 Å². The van der Waals surface area contributed by atoms with Gasteiger partial charge in [-0.3, -0.25) is 24.3 Å². The normalized spacial score (nSPS) is 12.6. The van der Waals surface area contributed by atoms with E-state index in [0.29, 0.717) is 35.3 Å². The molecule has 0 saturated heterocycles. The predicted molar refractivity (Wildman–Crippen MR) is 143 cm³/mol. The predicted octanol–water partition coefficient (Wildman–Crippen LogP) is 0.117. The minimum atomic E-state index is -1.41. The van der Waals surface area contributed by atoms with Crippen LogP contribution in [0.1, 0.15) is 37.8 Å². The van der Waals surface area contributed by atoms with Gasteiger partial charge in [-0.15, -0.1) is 5.10 Å². The molecule has 0 unspecified atom stereocenters. The molecular formula is C25H32FN7O9. The minimum absolute atomic E-state index is 0.0906. The number of aliphatic carboxylic acids is 3. The average Bonchev–Trinajstić information content (AvgIpc) is 3.51. The fourth-order valence-corrected chi connectivity index (χ4v) is 4.12. The Hall–Kier alpha value is -4.80. The smallest absolute Gasteiger partial charge is 0.326 e. The van der Waals surface area contributed by atoms with E-state index in [0.717, 1.165) is 0 Å². The van der Waals surface area contributed by atoms with Crippen LogP contribution in [0.15, 0.2) is 29.2 Å². The van der Waals surface area contributed by atoms with Crippen LogP contribution in [0.2, 0.25) is 0 Å². The van der Waals surface area contributed by atoms with Crippen LogP contribution in [0.3, 0.4) is 0 Å². The minimum Gasteiger partial charge on any atom is -0.487 e. The number of carboxylic acid groups (broad SMARTS) is 3. The Morgan fingerprint density at radius 1 is 1.05 bits per heavy atom. The molecule has 0 aliphatic rings. The Labute approximate surface area is 237 Å². The third-order valence-electron chi connectivity index (χ3n) is 6.25. The summed E-state index contributed by atoms with van der Waals surface area (Å²) in [7, 11) is 0. The van der Waals surface area contributed by atoms with E-state index in [1.165, 1.54) is 9.25 Å². The maximum absolute atomic E-state index is 12.5. The van der Waals surface area contributed by atoms with Gasteiger partial charge in [0.1, 0.15) is 36.8 Å². The van der Waals surface area contributed by atoms with Crippen LogP contribution in [0.5, 0.6) is 5.75 Å². The summed E-state index contributed by atoms with van der Waals surface area (Å²) in [4.78, 5) is 60.9. The van der Waals surface area contributed by atoms with Crippen LogP contribution in [0, 0.1) is 0 Å². The van der Waals surface area contributed by atoms with Crippen molar-refractivity contribution in [2.24, 2.45) is 0 Å². The molecule has 0 radical (unpaired) electrons. The summed E-state index contributed by atoms with van der Waals surface area (Å²) in [6.07, 6.45) is 1.74. The molecule has 3 aromatic rings. The number of halogens is 1. The van der Waals surface area contributed by atoms with Crippen LogP contribution >= 0.6 is 0 Å². The lowest BCUT2D eigenvalue weighted by Crippen LogP contribution is -2.48. The van der Waals surface area contributed by atoms with Gasteiger partial charge in [0.2, 0.25) is 5.91 Å². The van der Waals surface area contributed by atoms with Crippen molar-refractivity contribution in [2.45, 2.75) is 63.9 Å². The van der Waals surface area contributed by atoms with Crippen molar-refractivity contribution < 1.29 is 43.6 Å². The molecule has 2 aromatic heterocycles. The van der Waals surface area contributed by atoms with E-state index >= 15 is 0 Å². The van der Waals surface area contributed by atoms with Crippen molar-refractivity contribution in [2.75, 3.05) is 13.2 Å². The molecule has 0 bridgehead atoms. The number of imidazole rings is 1. The number of nitrogens with zero attached hydrogens (tertiary/aromatic N) is 4. The van der Waals surface area contributed by atoms with Gasteiger partial charge in [0.05, 0.1) is 30.3 Å². The fraction of sp³-hybridized carbons (Fsp3) is 0.480. The first-order valence-electron chi connectivity index (χ1n) is 13.1. The van der Waals surface area contributed by atoms with E-state index in [2.05, 4.69) is 25.9 Å². The zero-order chi connectivity index (χ0) is 30.6. The number of ether oxygens (including phenoxy) is 1. The second-order valence-electron chi connectivity index (χ2n) is 9.37. The number of rotatable bonds is 19. The number of alkyl halides is 1. The SMILES string of the molecule is O=C(O)CC[C@H](NC(=O)CN[C@@H](CCCCn1c(=O)[nH]c2ccc(OCc3cn(CCF)nn3)cc21)C(=O)O)C(=O)O. The molecule has 17 heteroatoms. The first-order valence-corrected chi connectivity index (χ1v) is 13.1. The number of amides is 1. The number of nitrogens with one attached hydrogen (secondary N) is 3. The molecule has 0 fully saturated rings. The quantitative estimate of drug-likeness (QED) is 0.102. The molecule has 42 heavy (non-hydrogen) atoms. The highest BCUT2D eigenvalue weighted by molar-refractivity contribution is 5.85. The summed E-state index contributed by atoms with van der Waals surface area (Å²) < 4.78 is 21.1. The molecule has 1 amide bonds. The van der Waals surface area contributed by atoms with Gasteiger partial charge in [-0.25, -0.2) is 18.7 Å². The van der Waals surface area contributed by atoms with Crippen LogP contribution in [0.25, 0.3) is 11.0 Å². The molecule has 0 aliphatic carbocycles. The number of carbonyl (C=O) groups excluding carboxylic acids is 1. The number of carbonyl (C=O) groups is 4. The van der Waals surface area contributed by atoms with Crippen molar-refractivity contribution in [3.05, 3.63) is 40.6 Å². The van der Waals surface area contributed by atoms with Crippen molar-refractivity contribution >= 4 is 34.8 Å². The van der Waals surface area contributed by atoms with Crippen LogP contribution in [0.4, 0.5) is 4.39 Å². The number of benzene rings is 1. The maximum Gasteiger partial charge on any atom is 0.326 e. The van der Waals surface area contributed by atoms with E-state index in [9.17, 15) is 33.5 Å². The van der Waals surface area contributed by atoms with Crippen molar-refractivity contribution in [1.82, 2.24) is 35.2 Å². The number of fused-ring (bicyclic) bond motifs is 1. The summed E-state index contributed by atoms with van der Waals surface area (Å²) in [5.74, 6) is -4.13. The third kappa shape index (κ3) is 9.39. The number of aromatic amines is 1. The van der Waals surface area contributed by atoms with Crippen molar-refractivity contribution in [3.8, 4) is 5.75 Å². The highest BCUT2D eigenvalue weighted by Gasteiger charge is 2.23. The summed E-state index contributed by atoms with van der Waals surface area (Å²) in [6.45, 7) is -0.590. The lowest BCUT2D eigenvalue weighted by Gasteiger charge is -2.17. The Morgan fingerprint density at radius 3 is 2.50 bits per heavy atom. The summed E-state index contributed by atoms with van der Waals surface area (Å²) in [5, 5.41) is 39.8. The number of hydrogen-bond acceptors (Lipinski definition) is 9. The summed E-state index contributed by atoms with van der Waals surface area (Å²) in [6, 6.07) is 2.52. The highest BCUT2D eigenvalue weighted by atomic mass is 19.1. The Balaban J connectivity index is 1.50. The second-order valence-corrected chi connectivity index (χ2v) is 9.37. The number of unbranched alkanes of at least 4 members (excludes halogenated alkanes) is 1. The molecule has 228 valence electrons. The van der Waals surface area contributed by atoms with E-state index in [-0.39, 0.29) is 38.2 Å². The van der Waals surface area contributed by atoms with E-state index in [1.54, 1.807) is 24.4 Å². The Kier molecular flexibility index (Phi) is 11.5. The largest absolute Gasteiger partial charge is 0.487 e. The fourth-order valence-electron chi connectivity index (χ4n) is 4.12. The Bertz CT molecular complexity index is 1450. The molecule has 0 spiro atoms. The van der Waals surface area contributed by atoms with Gasteiger partial charge in [0.25, 0.3) is 0 Å². The van der Waals surface area contributed by atoms with Crippen molar-refractivity contribution in [1.29, 1.82) is 0 Å². The molecule has 0 aliphatic heterocycles. The number of carboxylic acids is 3. The van der Waals surface area contributed by atoms with Gasteiger partial charge in [0, 0.05) is 19.0 Å². The molecule has 2 heterocycles. The lowest BCUT2D eigenvalue weighted by molar-refractivity contribution is -0.143. The number of H-pyrrole nitrogens is 1. The van der Waals surface area contributed by atoms with Crippen LogP contribution < -0.4 is 21.1 Å². The summed E-state index contributed by atoms with van der Waals surface area (Å²) in [5.41, 5.74) is 1.32. The standard InChI is InChI=1S/C25H32FN7O9/c26-8-10-32-13-15(30-31-32)14-42-16-4-5-17-20(11-16)33(25(41)29-17)9-2-1-3-18(23(37)38)27-12-21(34)28-19(24(39)40)6-7-22(35)36/h4-5,11,13,18-19,27H,1-3,6-10,12,14H2,(H,28,34)(H,29,41)(H,35,36)(H,37,38)(H,39,40)/t18-,19-/m0/s1. The van der Waals surface area contributed by atoms with Gasteiger partial charge >= 0.3 is 23.6 Å².